The van der Waals surface area contributed by atoms with Gasteiger partial charge in [0.05, 0.1) is 35.2 Å². The number of hydrogen-bond acceptors (Lipinski definition) is 6. The van der Waals surface area contributed by atoms with Gasteiger partial charge in [-0.2, -0.15) is 0 Å². The molecule has 8 heteroatoms. The Morgan fingerprint density at radius 1 is 1.02 bits per heavy atom. The van der Waals surface area contributed by atoms with E-state index in [0.717, 1.165) is 32.7 Å². The maximum Gasteiger partial charge on any atom is 0.271 e. The number of imide groups is 1. The second kappa shape index (κ2) is 10.8. The van der Waals surface area contributed by atoms with Gasteiger partial charge in [-0.3, -0.25) is 19.7 Å². The first-order valence-electron chi connectivity index (χ1n) is 13.8. The van der Waals surface area contributed by atoms with E-state index < -0.39 is 16.8 Å². The van der Waals surface area contributed by atoms with Gasteiger partial charge in [0.15, 0.2) is 0 Å². The molecule has 4 atom stereocenters. The minimum absolute atomic E-state index is 0.164. The normalized spacial score (nSPS) is 24.0. The average molecular weight is 551 g/mol. The van der Waals surface area contributed by atoms with E-state index in [2.05, 4.69) is 0 Å². The highest BCUT2D eigenvalue weighted by molar-refractivity contribution is 6.22. The van der Waals surface area contributed by atoms with Gasteiger partial charge in [0.1, 0.15) is 5.75 Å². The number of phenolic OH excluding ortho intramolecular Hbond substituents is 1. The summed E-state index contributed by atoms with van der Waals surface area (Å²) in [6, 6.07) is 23.0. The molecule has 1 N–H and O–H groups in total. The van der Waals surface area contributed by atoms with Gasteiger partial charge in [-0.15, -0.1) is 0 Å². The molecule has 0 bridgehead atoms. The number of benzene rings is 3. The third kappa shape index (κ3) is 4.85. The number of carbonyl (C=O) groups excluding carboxylic acids is 2. The Kier molecular flexibility index (Phi) is 7.01. The van der Waals surface area contributed by atoms with Crippen molar-refractivity contribution in [3.8, 4) is 5.75 Å². The van der Waals surface area contributed by atoms with E-state index >= 15 is 0 Å². The van der Waals surface area contributed by atoms with Crippen LogP contribution in [0.3, 0.4) is 0 Å². The van der Waals surface area contributed by atoms with Crippen molar-refractivity contribution in [2.24, 2.45) is 17.8 Å². The van der Waals surface area contributed by atoms with Crippen LogP contribution in [0.15, 0.2) is 90.0 Å². The number of ether oxygens (including phenoxy) is 1. The number of non-ortho nitro benzene ring substituents is 1. The van der Waals surface area contributed by atoms with Crippen molar-refractivity contribution in [2.75, 3.05) is 11.5 Å². The molecule has 8 nitrogen and oxygen atoms in total. The molecule has 41 heavy (non-hydrogen) atoms. The summed E-state index contributed by atoms with van der Waals surface area (Å²) in [5, 5.41) is 21.7. The first-order chi connectivity index (χ1) is 19.8. The summed E-state index contributed by atoms with van der Waals surface area (Å²) in [5.74, 6) is -1.66. The average Bonchev–Trinajstić information content (AvgIpc) is 3.51. The zero-order chi connectivity index (χ0) is 28.7. The SMILES string of the molecule is CC1=C2[C@@H](CC/C(=C/c3ccccc3O)c3ccccc3)OC[C@@H]2[C@@H]2C(=O)N(c3cccc([N+](=O)[O-])c3)C(=O)[C@@H]2C1. The number of hydrogen-bond donors (Lipinski definition) is 1. The van der Waals surface area contributed by atoms with Crippen molar-refractivity contribution in [1.29, 1.82) is 0 Å². The monoisotopic (exact) mass is 550 g/mol. The van der Waals surface area contributed by atoms with Crippen molar-refractivity contribution >= 4 is 34.8 Å². The molecule has 2 heterocycles. The largest absolute Gasteiger partial charge is 0.507 e. The molecule has 2 saturated heterocycles. The van der Waals surface area contributed by atoms with Gasteiger partial charge in [-0.05, 0) is 61.1 Å². The minimum atomic E-state index is -0.545. The van der Waals surface area contributed by atoms with Crippen LogP contribution in [-0.4, -0.2) is 34.6 Å². The molecule has 6 rings (SSSR count). The third-order valence-corrected chi connectivity index (χ3v) is 8.54. The molecule has 0 spiro atoms. The van der Waals surface area contributed by atoms with E-state index in [1.54, 1.807) is 18.2 Å². The summed E-state index contributed by atoms with van der Waals surface area (Å²) in [6.07, 6.45) is 3.66. The molecule has 2 amide bonds. The smallest absolute Gasteiger partial charge is 0.271 e. The molecule has 2 fully saturated rings. The van der Waals surface area contributed by atoms with Crippen LogP contribution in [0.2, 0.25) is 0 Å². The lowest BCUT2D eigenvalue weighted by Crippen LogP contribution is -2.34. The molecule has 2 aliphatic heterocycles. The fourth-order valence-electron chi connectivity index (χ4n) is 6.67. The standard InChI is InChI=1S/C33H30N2O6/c1-20-16-26-31(33(38)34(32(26)37)24-11-7-12-25(18-24)35(39)40)27-19-41-29(30(20)27)15-14-22(21-8-3-2-4-9-21)17-23-10-5-6-13-28(23)36/h2-13,17-18,26-27,29,31,36H,14-16,19H2,1H3/b22-17-/t26-,27+,29-,31-/m1/s1. The van der Waals surface area contributed by atoms with Gasteiger partial charge < -0.3 is 9.84 Å². The van der Waals surface area contributed by atoms with Crippen LogP contribution >= 0.6 is 0 Å². The van der Waals surface area contributed by atoms with Gasteiger partial charge >= 0.3 is 0 Å². The number of nitrogens with zero attached hydrogens (tertiary/aromatic N) is 2. The topological polar surface area (TPSA) is 110 Å². The Morgan fingerprint density at radius 2 is 1.78 bits per heavy atom. The lowest BCUT2D eigenvalue weighted by Gasteiger charge is -2.30. The van der Waals surface area contributed by atoms with Gasteiger partial charge in [-0.1, -0.05) is 60.2 Å². The van der Waals surface area contributed by atoms with Gasteiger partial charge in [0.25, 0.3) is 5.69 Å². The molecule has 0 aromatic heterocycles. The van der Waals surface area contributed by atoms with Crippen LogP contribution in [0.1, 0.15) is 37.3 Å². The molecule has 208 valence electrons. The number of nitro benzene ring substituents is 1. The van der Waals surface area contributed by atoms with Crippen molar-refractivity contribution in [1.82, 2.24) is 0 Å². The Hall–Kier alpha value is -4.56. The molecule has 0 unspecified atom stereocenters. The second-order valence-electron chi connectivity index (χ2n) is 10.9. The van der Waals surface area contributed by atoms with Crippen LogP contribution in [0.25, 0.3) is 11.6 Å². The number of phenols is 1. The van der Waals surface area contributed by atoms with Crippen molar-refractivity contribution in [2.45, 2.75) is 32.3 Å². The highest BCUT2D eigenvalue weighted by Crippen LogP contribution is 2.50. The number of para-hydroxylation sites is 1. The number of nitro groups is 1. The van der Waals surface area contributed by atoms with Gasteiger partial charge in [0, 0.05) is 23.6 Å². The molecule has 3 aromatic carbocycles. The number of rotatable bonds is 7. The van der Waals surface area contributed by atoms with Crippen LogP contribution in [0.4, 0.5) is 11.4 Å². The zero-order valence-corrected chi connectivity index (χ0v) is 22.6. The summed E-state index contributed by atoms with van der Waals surface area (Å²) < 4.78 is 6.31. The predicted molar refractivity (Wildman–Crippen MR) is 155 cm³/mol. The van der Waals surface area contributed by atoms with E-state index in [4.69, 9.17) is 4.74 Å². The number of anilines is 1. The maximum atomic E-state index is 13.7. The van der Waals surface area contributed by atoms with E-state index in [-0.39, 0.29) is 41.0 Å². The third-order valence-electron chi connectivity index (χ3n) is 8.54. The molecule has 3 aromatic rings. The number of carbonyl (C=O) groups is 2. The first kappa shape index (κ1) is 26.7. The van der Waals surface area contributed by atoms with E-state index in [1.165, 1.54) is 18.2 Å². The number of amides is 2. The maximum absolute atomic E-state index is 13.7. The van der Waals surface area contributed by atoms with E-state index in [9.17, 15) is 24.8 Å². The fraction of sp³-hybridized carbons (Fsp3) is 0.273. The zero-order valence-electron chi connectivity index (χ0n) is 22.6. The van der Waals surface area contributed by atoms with E-state index in [0.29, 0.717) is 25.9 Å². The minimum Gasteiger partial charge on any atom is -0.507 e. The number of aromatic hydroxyl groups is 1. The number of allylic oxidation sites excluding steroid dienone is 2. The molecule has 1 aliphatic carbocycles. The highest BCUT2D eigenvalue weighted by Gasteiger charge is 2.57. The van der Waals surface area contributed by atoms with Crippen LogP contribution in [0, 0.1) is 27.9 Å². The lowest BCUT2D eigenvalue weighted by atomic mass is 9.70. The Labute approximate surface area is 237 Å². The van der Waals surface area contributed by atoms with Crippen molar-refractivity contribution < 1.29 is 24.4 Å². The second-order valence-corrected chi connectivity index (χ2v) is 10.9. The Balaban J connectivity index is 1.25. The summed E-state index contributed by atoms with van der Waals surface area (Å²) in [5.41, 5.74) is 5.11. The van der Waals surface area contributed by atoms with Crippen LogP contribution in [-0.2, 0) is 14.3 Å². The molecule has 3 aliphatic rings. The van der Waals surface area contributed by atoms with Crippen LogP contribution < -0.4 is 4.90 Å². The lowest BCUT2D eigenvalue weighted by molar-refractivity contribution is -0.384. The fourth-order valence-corrected chi connectivity index (χ4v) is 6.67. The van der Waals surface area contributed by atoms with Crippen molar-refractivity contribution in [3.63, 3.8) is 0 Å². The Morgan fingerprint density at radius 3 is 2.54 bits per heavy atom. The summed E-state index contributed by atoms with van der Waals surface area (Å²) >= 11 is 0. The Bertz CT molecular complexity index is 1590. The molecule has 0 saturated carbocycles. The summed E-state index contributed by atoms with van der Waals surface area (Å²) in [7, 11) is 0. The molecular formula is C33H30N2O6. The summed E-state index contributed by atoms with van der Waals surface area (Å²) in [4.78, 5) is 39.1. The van der Waals surface area contributed by atoms with E-state index in [1.807, 2.05) is 55.5 Å². The highest BCUT2D eigenvalue weighted by atomic mass is 16.6. The molecule has 0 radical (unpaired) electrons. The molecular weight excluding hydrogens is 520 g/mol. The predicted octanol–water partition coefficient (Wildman–Crippen LogP) is 6.16. The van der Waals surface area contributed by atoms with Gasteiger partial charge in [-0.25, -0.2) is 4.90 Å². The van der Waals surface area contributed by atoms with Crippen molar-refractivity contribution in [3.05, 3.63) is 111 Å². The quantitative estimate of drug-likeness (QED) is 0.124. The van der Waals surface area contributed by atoms with Gasteiger partial charge in [0.2, 0.25) is 11.8 Å². The van der Waals surface area contributed by atoms with Crippen LogP contribution in [0.5, 0.6) is 5.75 Å². The summed E-state index contributed by atoms with van der Waals surface area (Å²) in [6.45, 7) is 2.37. The number of fused-ring (bicyclic) bond motifs is 3. The first-order valence-corrected chi connectivity index (χ1v) is 13.8.